The van der Waals surface area contributed by atoms with Crippen LogP contribution in [0, 0.1) is 6.92 Å². The summed E-state index contributed by atoms with van der Waals surface area (Å²) in [6, 6.07) is 13.5. The van der Waals surface area contributed by atoms with Crippen molar-refractivity contribution >= 4 is 39.3 Å². The maximum atomic E-state index is 12.4. The highest BCUT2D eigenvalue weighted by atomic mass is 79.9. The number of nitrogens with one attached hydrogen (secondary N) is 1. The lowest BCUT2D eigenvalue weighted by atomic mass is 10.2. The zero-order chi connectivity index (χ0) is 20.1. The third-order valence-electron chi connectivity index (χ3n) is 4.09. The lowest BCUT2D eigenvalue weighted by Crippen LogP contribution is -2.15. The number of anilines is 1. The maximum Gasteiger partial charge on any atom is 0.234 e. The third kappa shape index (κ3) is 4.74. The first kappa shape index (κ1) is 20.4. The Labute approximate surface area is 176 Å². The molecule has 1 N–H and O–H groups in total. The molecule has 0 fully saturated rings. The van der Waals surface area contributed by atoms with Crippen molar-refractivity contribution in [3.63, 3.8) is 0 Å². The number of rotatable bonds is 7. The molecule has 0 aliphatic rings. The standard InChI is InChI=1S/C20H21BrN4O2S/c1-4-25-19(14-6-5-7-15(11-14)27-3)23-24-20(25)28-12-18(26)22-17-9-8-13(2)10-16(17)21/h5-11H,4,12H2,1-3H3,(H,22,26). The highest BCUT2D eigenvalue weighted by Gasteiger charge is 2.15. The molecule has 3 aromatic rings. The summed E-state index contributed by atoms with van der Waals surface area (Å²) in [5.74, 6) is 1.67. The summed E-state index contributed by atoms with van der Waals surface area (Å²) < 4.78 is 8.15. The summed E-state index contributed by atoms with van der Waals surface area (Å²) >= 11 is 4.84. The summed E-state index contributed by atoms with van der Waals surface area (Å²) in [5.41, 5.74) is 2.80. The molecule has 3 rings (SSSR count). The first-order chi connectivity index (χ1) is 13.5. The minimum Gasteiger partial charge on any atom is -0.497 e. The second-order valence-corrected chi connectivity index (χ2v) is 7.90. The highest BCUT2D eigenvalue weighted by molar-refractivity contribution is 9.10. The monoisotopic (exact) mass is 460 g/mol. The van der Waals surface area contributed by atoms with Crippen LogP contribution >= 0.6 is 27.7 Å². The van der Waals surface area contributed by atoms with Crippen molar-refractivity contribution in [1.82, 2.24) is 14.8 Å². The number of halogens is 1. The van der Waals surface area contributed by atoms with Crippen molar-refractivity contribution in [3.05, 3.63) is 52.5 Å². The van der Waals surface area contributed by atoms with E-state index in [9.17, 15) is 4.79 Å². The normalized spacial score (nSPS) is 10.7. The van der Waals surface area contributed by atoms with Crippen LogP contribution in [-0.2, 0) is 11.3 Å². The SMILES string of the molecule is CCn1c(SCC(=O)Nc2ccc(C)cc2Br)nnc1-c1cccc(OC)c1. The Morgan fingerprint density at radius 1 is 1.25 bits per heavy atom. The van der Waals surface area contributed by atoms with Crippen molar-refractivity contribution in [3.8, 4) is 17.1 Å². The number of carbonyl (C=O) groups excluding carboxylic acids is 1. The molecule has 0 bridgehead atoms. The molecule has 0 spiro atoms. The van der Waals surface area contributed by atoms with Crippen molar-refractivity contribution < 1.29 is 9.53 Å². The summed E-state index contributed by atoms with van der Waals surface area (Å²) in [4.78, 5) is 12.4. The van der Waals surface area contributed by atoms with Gasteiger partial charge in [-0.05, 0) is 59.6 Å². The second-order valence-electron chi connectivity index (χ2n) is 6.10. The van der Waals surface area contributed by atoms with Crippen LogP contribution in [0.25, 0.3) is 11.4 Å². The molecule has 1 amide bonds. The van der Waals surface area contributed by atoms with Gasteiger partial charge in [-0.15, -0.1) is 10.2 Å². The number of aryl methyl sites for hydroxylation is 1. The Balaban J connectivity index is 1.70. The fraction of sp³-hybridized carbons (Fsp3) is 0.250. The van der Waals surface area contributed by atoms with E-state index in [0.29, 0.717) is 11.7 Å². The number of aromatic nitrogens is 3. The molecule has 0 aliphatic carbocycles. The zero-order valence-corrected chi connectivity index (χ0v) is 18.3. The molecule has 0 radical (unpaired) electrons. The molecule has 0 unspecified atom stereocenters. The molecule has 0 atom stereocenters. The predicted octanol–water partition coefficient (Wildman–Crippen LogP) is 4.78. The first-order valence-corrected chi connectivity index (χ1v) is 10.6. The van der Waals surface area contributed by atoms with Gasteiger partial charge in [-0.3, -0.25) is 4.79 Å². The molecule has 0 aliphatic heterocycles. The minimum atomic E-state index is -0.0943. The number of thioether (sulfide) groups is 1. The molecule has 2 aromatic carbocycles. The molecule has 28 heavy (non-hydrogen) atoms. The number of carbonyl (C=O) groups is 1. The van der Waals surface area contributed by atoms with Gasteiger partial charge in [-0.2, -0.15) is 0 Å². The number of amides is 1. The Bertz CT molecular complexity index is 990. The Morgan fingerprint density at radius 2 is 2.07 bits per heavy atom. The number of hydrogen-bond donors (Lipinski definition) is 1. The van der Waals surface area contributed by atoms with E-state index in [4.69, 9.17) is 4.74 Å². The van der Waals surface area contributed by atoms with Crippen LogP contribution in [0.4, 0.5) is 5.69 Å². The molecule has 1 aromatic heterocycles. The van der Waals surface area contributed by atoms with Gasteiger partial charge in [0.05, 0.1) is 18.6 Å². The first-order valence-electron chi connectivity index (χ1n) is 8.78. The maximum absolute atomic E-state index is 12.4. The van der Waals surface area contributed by atoms with Crippen molar-refractivity contribution in [2.45, 2.75) is 25.5 Å². The van der Waals surface area contributed by atoms with Gasteiger partial charge in [0, 0.05) is 16.6 Å². The lowest BCUT2D eigenvalue weighted by Gasteiger charge is -2.09. The third-order valence-corrected chi connectivity index (χ3v) is 5.71. The number of ether oxygens (including phenoxy) is 1. The van der Waals surface area contributed by atoms with E-state index in [1.165, 1.54) is 11.8 Å². The number of benzene rings is 2. The molecular weight excluding hydrogens is 440 g/mol. The quantitative estimate of drug-likeness (QED) is 0.513. The fourth-order valence-corrected chi connectivity index (χ4v) is 4.09. The van der Waals surface area contributed by atoms with Crippen molar-refractivity contribution in [2.75, 3.05) is 18.2 Å². The van der Waals surface area contributed by atoms with Gasteiger partial charge in [0.1, 0.15) is 5.75 Å². The molecule has 146 valence electrons. The minimum absolute atomic E-state index is 0.0943. The Hall–Kier alpha value is -2.32. The molecule has 0 saturated carbocycles. The number of hydrogen-bond acceptors (Lipinski definition) is 5. The van der Waals surface area contributed by atoms with Gasteiger partial charge in [0.25, 0.3) is 0 Å². The van der Waals surface area contributed by atoms with Gasteiger partial charge in [0.2, 0.25) is 5.91 Å². The van der Waals surface area contributed by atoms with Crippen LogP contribution in [0.3, 0.4) is 0 Å². The van der Waals surface area contributed by atoms with E-state index in [1.807, 2.05) is 60.9 Å². The largest absolute Gasteiger partial charge is 0.497 e. The molecule has 8 heteroatoms. The molecule has 6 nitrogen and oxygen atoms in total. The predicted molar refractivity (Wildman–Crippen MR) is 116 cm³/mol. The number of methoxy groups -OCH3 is 1. The topological polar surface area (TPSA) is 69.0 Å². The van der Waals surface area contributed by atoms with E-state index in [1.54, 1.807) is 7.11 Å². The average molecular weight is 461 g/mol. The van der Waals surface area contributed by atoms with Crippen molar-refractivity contribution in [2.24, 2.45) is 0 Å². The summed E-state index contributed by atoms with van der Waals surface area (Å²) in [5, 5.41) is 12.2. The van der Waals surface area contributed by atoms with Gasteiger partial charge >= 0.3 is 0 Å². The zero-order valence-electron chi connectivity index (χ0n) is 15.9. The second kappa shape index (κ2) is 9.25. The van der Waals surface area contributed by atoms with Crippen LogP contribution in [0.1, 0.15) is 12.5 Å². The number of nitrogens with zero attached hydrogens (tertiary/aromatic N) is 3. The van der Waals surface area contributed by atoms with E-state index in [-0.39, 0.29) is 11.7 Å². The van der Waals surface area contributed by atoms with E-state index < -0.39 is 0 Å². The Morgan fingerprint density at radius 3 is 2.79 bits per heavy atom. The summed E-state index contributed by atoms with van der Waals surface area (Å²) in [7, 11) is 1.63. The summed E-state index contributed by atoms with van der Waals surface area (Å²) in [6.45, 7) is 4.73. The smallest absolute Gasteiger partial charge is 0.234 e. The summed E-state index contributed by atoms with van der Waals surface area (Å²) in [6.07, 6.45) is 0. The van der Waals surface area contributed by atoms with Crippen LogP contribution in [0.5, 0.6) is 5.75 Å². The fourth-order valence-electron chi connectivity index (χ4n) is 2.69. The van der Waals surface area contributed by atoms with Gasteiger partial charge in [-0.1, -0.05) is 30.0 Å². The van der Waals surface area contributed by atoms with Crippen molar-refractivity contribution in [1.29, 1.82) is 0 Å². The van der Waals surface area contributed by atoms with E-state index in [0.717, 1.165) is 32.9 Å². The van der Waals surface area contributed by atoms with Crippen LogP contribution < -0.4 is 10.1 Å². The van der Waals surface area contributed by atoms with Crippen LogP contribution in [-0.4, -0.2) is 33.5 Å². The van der Waals surface area contributed by atoms with E-state index in [2.05, 4.69) is 31.4 Å². The highest BCUT2D eigenvalue weighted by Crippen LogP contribution is 2.27. The molecule has 0 saturated heterocycles. The Kier molecular flexibility index (Phi) is 6.74. The van der Waals surface area contributed by atoms with Gasteiger partial charge < -0.3 is 14.6 Å². The van der Waals surface area contributed by atoms with Crippen LogP contribution in [0.15, 0.2) is 52.1 Å². The van der Waals surface area contributed by atoms with Crippen LogP contribution in [0.2, 0.25) is 0 Å². The molecular formula is C20H21BrN4O2S. The van der Waals surface area contributed by atoms with E-state index >= 15 is 0 Å². The van der Waals surface area contributed by atoms with Gasteiger partial charge in [0.15, 0.2) is 11.0 Å². The van der Waals surface area contributed by atoms with Gasteiger partial charge in [-0.25, -0.2) is 0 Å². The lowest BCUT2D eigenvalue weighted by molar-refractivity contribution is -0.113. The molecule has 1 heterocycles. The average Bonchev–Trinajstić information content (AvgIpc) is 3.11.